The van der Waals surface area contributed by atoms with E-state index in [1.807, 2.05) is 44.2 Å². The molecule has 1 heterocycles. The minimum atomic E-state index is -1.36. The predicted molar refractivity (Wildman–Crippen MR) is 118 cm³/mol. The van der Waals surface area contributed by atoms with E-state index in [-0.39, 0.29) is 24.2 Å². The number of rotatable bonds is 11. The zero-order valence-corrected chi connectivity index (χ0v) is 18.8. The molecule has 0 saturated carbocycles. The van der Waals surface area contributed by atoms with Crippen LogP contribution in [0, 0.1) is 5.92 Å². The van der Waals surface area contributed by atoms with Crippen molar-refractivity contribution in [2.24, 2.45) is 11.7 Å². The summed E-state index contributed by atoms with van der Waals surface area (Å²) in [5.74, 6) is -2.47. The van der Waals surface area contributed by atoms with Gasteiger partial charge in [-0.25, -0.2) is 4.79 Å². The summed E-state index contributed by atoms with van der Waals surface area (Å²) >= 11 is 0. The van der Waals surface area contributed by atoms with Crippen LogP contribution in [0.3, 0.4) is 0 Å². The molecule has 0 radical (unpaired) electrons. The molecule has 4 atom stereocenters. The van der Waals surface area contributed by atoms with E-state index in [0.717, 1.165) is 5.56 Å². The molecule has 1 saturated heterocycles. The van der Waals surface area contributed by atoms with Crippen LogP contribution in [0.1, 0.15) is 39.2 Å². The van der Waals surface area contributed by atoms with E-state index in [9.17, 15) is 24.3 Å². The van der Waals surface area contributed by atoms with Gasteiger partial charge in [0.1, 0.15) is 6.61 Å². The monoisotopic (exact) mass is 447 g/mol. The van der Waals surface area contributed by atoms with E-state index in [1.165, 1.54) is 11.8 Å². The van der Waals surface area contributed by atoms with E-state index in [0.29, 0.717) is 19.4 Å². The van der Waals surface area contributed by atoms with E-state index < -0.39 is 42.6 Å². The molecule has 32 heavy (non-hydrogen) atoms. The summed E-state index contributed by atoms with van der Waals surface area (Å²) in [6.07, 6.45) is -0.0250. The highest BCUT2D eigenvalue weighted by molar-refractivity contribution is 5.90. The van der Waals surface area contributed by atoms with Gasteiger partial charge in [0.2, 0.25) is 11.8 Å². The van der Waals surface area contributed by atoms with E-state index in [4.69, 9.17) is 10.5 Å². The Kier molecular flexibility index (Phi) is 9.34. The van der Waals surface area contributed by atoms with Gasteiger partial charge in [-0.05, 0) is 30.7 Å². The number of amides is 2. The van der Waals surface area contributed by atoms with Gasteiger partial charge in [0.25, 0.3) is 0 Å². The summed E-state index contributed by atoms with van der Waals surface area (Å²) in [4.78, 5) is 50.5. The number of hydrogen-bond acceptors (Lipinski definition) is 6. The van der Waals surface area contributed by atoms with Crippen molar-refractivity contribution in [3.05, 3.63) is 35.9 Å². The summed E-state index contributed by atoms with van der Waals surface area (Å²) in [5, 5.41) is 12.3. The van der Waals surface area contributed by atoms with E-state index in [2.05, 4.69) is 5.32 Å². The average Bonchev–Trinajstić information content (AvgIpc) is 3.21. The molecule has 176 valence electrons. The molecular weight excluding hydrogens is 414 g/mol. The van der Waals surface area contributed by atoms with E-state index >= 15 is 0 Å². The second kappa shape index (κ2) is 11.7. The maximum atomic E-state index is 12.8. The van der Waals surface area contributed by atoms with Crippen LogP contribution in [-0.2, 0) is 30.3 Å². The third-order valence-electron chi connectivity index (χ3n) is 5.63. The minimum Gasteiger partial charge on any atom is -0.479 e. The molecule has 1 aliphatic heterocycles. The molecule has 0 aliphatic carbocycles. The van der Waals surface area contributed by atoms with Gasteiger partial charge in [-0.2, -0.15) is 0 Å². The Morgan fingerprint density at radius 2 is 1.88 bits per heavy atom. The Hall–Kier alpha value is -2.78. The van der Waals surface area contributed by atoms with Crippen molar-refractivity contribution in [1.29, 1.82) is 0 Å². The highest BCUT2D eigenvalue weighted by Gasteiger charge is 2.41. The number of hydrogen-bond donors (Lipinski definition) is 3. The number of benzene rings is 1. The highest BCUT2D eigenvalue weighted by atomic mass is 16.5. The Morgan fingerprint density at radius 3 is 2.44 bits per heavy atom. The lowest BCUT2D eigenvalue weighted by molar-refractivity contribution is -0.158. The fourth-order valence-corrected chi connectivity index (χ4v) is 3.82. The molecule has 0 spiro atoms. The fraction of sp³-hybridized carbons (Fsp3) is 0.565. The third-order valence-corrected chi connectivity index (χ3v) is 5.63. The van der Waals surface area contributed by atoms with Gasteiger partial charge in [-0.3, -0.25) is 14.4 Å². The van der Waals surface area contributed by atoms with Gasteiger partial charge in [-0.15, -0.1) is 0 Å². The average molecular weight is 448 g/mol. The number of nitrogens with one attached hydrogen (secondary N) is 1. The van der Waals surface area contributed by atoms with Gasteiger partial charge in [0.05, 0.1) is 18.1 Å². The third kappa shape index (κ3) is 6.86. The first kappa shape index (κ1) is 25.5. The second-order valence-corrected chi connectivity index (χ2v) is 8.49. The first-order valence-electron chi connectivity index (χ1n) is 10.9. The summed E-state index contributed by atoms with van der Waals surface area (Å²) in [5.41, 5.74) is 6.84. The van der Waals surface area contributed by atoms with Crippen molar-refractivity contribution in [2.45, 2.75) is 64.3 Å². The summed E-state index contributed by atoms with van der Waals surface area (Å²) in [6.45, 7) is 4.86. The molecule has 0 aromatic heterocycles. The smallest absolute Gasteiger partial charge is 0.335 e. The molecule has 4 N–H and O–H groups in total. The van der Waals surface area contributed by atoms with Crippen LogP contribution in [0.4, 0.5) is 0 Å². The Balaban J connectivity index is 2.09. The van der Waals surface area contributed by atoms with Crippen LogP contribution in [0.15, 0.2) is 30.3 Å². The summed E-state index contributed by atoms with van der Waals surface area (Å²) in [7, 11) is 0. The Bertz CT molecular complexity index is 813. The maximum absolute atomic E-state index is 12.8. The number of carbonyl (C=O) groups excluding carboxylic acids is 3. The van der Waals surface area contributed by atoms with Crippen molar-refractivity contribution in [3.63, 3.8) is 0 Å². The SMILES string of the molecule is CC(=O)NC(Cc1ccccc1)C(=O)COC(C(=O)O)C1CCCN1C(=O)[C@@H](N)C(C)C. The van der Waals surface area contributed by atoms with Crippen LogP contribution in [-0.4, -0.2) is 71.0 Å². The largest absolute Gasteiger partial charge is 0.479 e. The first-order chi connectivity index (χ1) is 15.1. The number of aliphatic carboxylic acids is 1. The fourth-order valence-electron chi connectivity index (χ4n) is 3.82. The zero-order chi connectivity index (χ0) is 23.8. The molecule has 1 aliphatic rings. The van der Waals surface area contributed by atoms with Crippen LogP contribution < -0.4 is 11.1 Å². The Morgan fingerprint density at radius 1 is 1.22 bits per heavy atom. The standard InChI is InChI=1S/C23H33N3O6/c1-14(2)20(24)22(29)26-11-7-10-18(26)21(23(30)31)32-13-19(28)17(25-15(3)27)12-16-8-5-4-6-9-16/h4-6,8-9,14,17-18,20-21H,7,10-13,24H2,1-3H3,(H,25,27)(H,30,31)/t17?,18?,20-,21?/m0/s1. The number of Topliss-reactive ketones (excluding diaryl/α,β-unsaturated/α-hetero) is 1. The van der Waals surface area contributed by atoms with Gasteiger partial charge >= 0.3 is 5.97 Å². The molecule has 2 amide bonds. The van der Waals surface area contributed by atoms with Gasteiger partial charge in [0, 0.05) is 13.5 Å². The normalized spacial score (nSPS) is 18.8. The van der Waals surface area contributed by atoms with Crippen molar-refractivity contribution in [2.75, 3.05) is 13.2 Å². The lowest BCUT2D eigenvalue weighted by Crippen LogP contribution is -2.54. The van der Waals surface area contributed by atoms with Crippen LogP contribution in [0.2, 0.25) is 0 Å². The molecular formula is C23H33N3O6. The van der Waals surface area contributed by atoms with E-state index in [1.54, 1.807) is 0 Å². The number of carboxylic acids is 1. The molecule has 1 aromatic carbocycles. The number of likely N-dealkylation sites (tertiary alicyclic amines) is 1. The van der Waals surface area contributed by atoms with Crippen LogP contribution >= 0.6 is 0 Å². The number of ether oxygens (including phenoxy) is 1. The van der Waals surface area contributed by atoms with Crippen molar-refractivity contribution < 1.29 is 29.0 Å². The number of nitrogens with zero attached hydrogens (tertiary/aromatic N) is 1. The molecule has 9 nitrogen and oxygen atoms in total. The molecule has 1 aromatic rings. The number of carbonyl (C=O) groups is 4. The van der Waals surface area contributed by atoms with Crippen molar-refractivity contribution >= 4 is 23.6 Å². The molecule has 1 fully saturated rings. The quantitative estimate of drug-likeness (QED) is 0.455. The number of ketones is 1. The van der Waals surface area contributed by atoms with Gasteiger partial charge < -0.3 is 25.8 Å². The molecule has 2 rings (SSSR count). The topological polar surface area (TPSA) is 139 Å². The van der Waals surface area contributed by atoms with Gasteiger partial charge in [-0.1, -0.05) is 44.2 Å². The Labute approximate surface area is 188 Å². The van der Waals surface area contributed by atoms with Crippen LogP contribution in [0.5, 0.6) is 0 Å². The zero-order valence-electron chi connectivity index (χ0n) is 18.8. The second-order valence-electron chi connectivity index (χ2n) is 8.49. The first-order valence-corrected chi connectivity index (χ1v) is 10.9. The molecule has 0 bridgehead atoms. The van der Waals surface area contributed by atoms with Crippen molar-refractivity contribution in [1.82, 2.24) is 10.2 Å². The van der Waals surface area contributed by atoms with Crippen LogP contribution in [0.25, 0.3) is 0 Å². The number of nitrogens with two attached hydrogens (primary N) is 1. The lowest BCUT2D eigenvalue weighted by Gasteiger charge is -2.32. The highest BCUT2D eigenvalue weighted by Crippen LogP contribution is 2.24. The summed E-state index contributed by atoms with van der Waals surface area (Å²) < 4.78 is 5.54. The molecule has 3 unspecified atom stereocenters. The maximum Gasteiger partial charge on any atom is 0.335 e. The van der Waals surface area contributed by atoms with Gasteiger partial charge in [0.15, 0.2) is 11.9 Å². The molecule has 9 heteroatoms. The summed E-state index contributed by atoms with van der Waals surface area (Å²) in [6, 6.07) is 6.89. The lowest BCUT2D eigenvalue weighted by atomic mass is 10.0. The van der Waals surface area contributed by atoms with Crippen molar-refractivity contribution in [3.8, 4) is 0 Å². The minimum absolute atomic E-state index is 0.0917. The number of carboxylic acid groups (broad SMARTS) is 1. The predicted octanol–water partition coefficient (Wildman–Crippen LogP) is 0.747.